The predicted molar refractivity (Wildman–Crippen MR) is 98.4 cm³/mol. The van der Waals surface area contributed by atoms with E-state index < -0.39 is 0 Å². The summed E-state index contributed by atoms with van der Waals surface area (Å²) < 4.78 is 5.79. The molecular weight excluding hydrogens is 388 g/mol. The summed E-state index contributed by atoms with van der Waals surface area (Å²) in [4.78, 5) is 33.5. The fourth-order valence-electron chi connectivity index (χ4n) is 5.75. The highest BCUT2D eigenvalue weighted by Gasteiger charge is 2.69. The summed E-state index contributed by atoms with van der Waals surface area (Å²) in [6, 6.07) is 4.07. The van der Waals surface area contributed by atoms with Crippen molar-refractivity contribution in [2.45, 2.75) is 22.6 Å². The number of thioether (sulfide) groups is 1. The number of hydrogen-bond acceptors (Lipinski definition) is 7. The number of rotatable bonds is 1. The van der Waals surface area contributed by atoms with Crippen molar-refractivity contribution in [2.75, 3.05) is 0 Å². The van der Waals surface area contributed by atoms with E-state index in [1.54, 1.807) is 17.5 Å². The van der Waals surface area contributed by atoms with E-state index >= 15 is 0 Å². The molecule has 4 heterocycles. The van der Waals surface area contributed by atoms with Gasteiger partial charge in [0.05, 0.1) is 16.9 Å². The number of ether oxygens (including phenoxy) is 1. The van der Waals surface area contributed by atoms with Gasteiger partial charge in [0.15, 0.2) is 3.95 Å². The van der Waals surface area contributed by atoms with Crippen molar-refractivity contribution in [2.24, 2.45) is 29.6 Å². The number of esters is 2. The SMILES string of the molecule is O=C1OC(=O)C2C3CC(C4Sc5[nH]c(=S)sc5C(c5cccnc5)C34)C12. The molecule has 0 aromatic carbocycles. The third kappa shape index (κ3) is 1.87. The number of cyclic esters (lactones) is 2. The number of nitrogens with zero attached hydrogens (tertiary/aromatic N) is 1. The lowest BCUT2D eigenvalue weighted by Gasteiger charge is -2.42. The number of nitrogens with one attached hydrogen (secondary N) is 1. The Morgan fingerprint density at radius 2 is 2.04 bits per heavy atom. The molecule has 2 bridgehead atoms. The minimum atomic E-state index is -0.312. The van der Waals surface area contributed by atoms with E-state index in [1.807, 2.05) is 24.0 Å². The third-order valence-electron chi connectivity index (χ3n) is 6.50. The van der Waals surface area contributed by atoms with E-state index in [-0.39, 0.29) is 41.5 Å². The van der Waals surface area contributed by atoms with Crippen molar-refractivity contribution in [3.05, 3.63) is 38.9 Å². The second kappa shape index (κ2) is 5.27. The Labute approximate surface area is 162 Å². The predicted octanol–water partition coefficient (Wildman–Crippen LogP) is 3.39. The fraction of sp³-hybridized carbons (Fsp3) is 0.444. The normalized spacial score (nSPS) is 39.5. The smallest absolute Gasteiger partial charge is 0.317 e. The highest BCUT2D eigenvalue weighted by molar-refractivity contribution is 8.00. The number of aromatic nitrogens is 2. The summed E-state index contributed by atoms with van der Waals surface area (Å²) in [5.74, 6) is -0.267. The zero-order valence-corrected chi connectivity index (χ0v) is 15.9. The molecule has 1 saturated heterocycles. The zero-order chi connectivity index (χ0) is 17.6. The number of carbonyl (C=O) groups excluding carboxylic acids is 2. The first-order chi connectivity index (χ1) is 12.6. The van der Waals surface area contributed by atoms with Crippen LogP contribution >= 0.6 is 35.3 Å². The summed E-state index contributed by atoms with van der Waals surface area (Å²) >= 11 is 8.85. The van der Waals surface area contributed by atoms with Gasteiger partial charge in [0.2, 0.25) is 0 Å². The molecule has 0 radical (unpaired) electrons. The van der Waals surface area contributed by atoms with Crippen LogP contribution in [0.3, 0.4) is 0 Å². The third-order valence-corrected chi connectivity index (χ3v) is 9.44. The molecule has 2 saturated carbocycles. The van der Waals surface area contributed by atoms with Crippen molar-refractivity contribution in [3.63, 3.8) is 0 Å². The number of fused-ring (bicyclic) bond motifs is 9. The molecule has 7 atom stereocenters. The quantitative estimate of drug-likeness (QED) is 0.448. The van der Waals surface area contributed by atoms with Gasteiger partial charge in [-0.1, -0.05) is 6.07 Å². The Hall–Kier alpha value is -1.51. The first kappa shape index (κ1) is 15.5. The number of aromatic amines is 1. The number of hydrogen-bond donors (Lipinski definition) is 1. The van der Waals surface area contributed by atoms with Gasteiger partial charge in [-0.15, -0.1) is 23.1 Å². The van der Waals surface area contributed by atoms with Crippen molar-refractivity contribution in [3.8, 4) is 0 Å². The second-order valence-corrected chi connectivity index (χ2v) is 10.4. The Kier molecular flexibility index (Phi) is 3.15. The number of carbonyl (C=O) groups is 2. The summed E-state index contributed by atoms with van der Waals surface area (Å²) in [7, 11) is 0. The molecule has 2 aliphatic heterocycles. The van der Waals surface area contributed by atoms with E-state index in [0.717, 1.165) is 21.0 Å². The maximum Gasteiger partial charge on any atom is 0.317 e. The van der Waals surface area contributed by atoms with Crippen molar-refractivity contribution in [1.82, 2.24) is 9.97 Å². The molecule has 2 aromatic heterocycles. The molecule has 2 aliphatic carbocycles. The maximum atomic E-state index is 12.3. The van der Waals surface area contributed by atoms with Crippen LogP contribution in [-0.2, 0) is 14.3 Å². The first-order valence-electron chi connectivity index (χ1n) is 8.68. The van der Waals surface area contributed by atoms with E-state index in [9.17, 15) is 9.59 Å². The highest BCUT2D eigenvalue weighted by atomic mass is 32.2. The average Bonchev–Trinajstić information content (AvgIpc) is 3.35. The molecule has 4 aliphatic rings. The Bertz CT molecular complexity index is 1000. The van der Waals surface area contributed by atoms with Crippen LogP contribution < -0.4 is 0 Å². The molecule has 132 valence electrons. The average molecular weight is 403 g/mol. The molecule has 26 heavy (non-hydrogen) atoms. The maximum absolute atomic E-state index is 12.3. The van der Waals surface area contributed by atoms with Crippen LogP contribution in [0.5, 0.6) is 0 Å². The second-order valence-electron chi connectivity index (χ2n) is 7.49. The molecule has 0 amide bonds. The summed E-state index contributed by atoms with van der Waals surface area (Å²) in [6.07, 6.45) is 4.64. The van der Waals surface area contributed by atoms with Crippen LogP contribution in [0.15, 0.2) is 29.6 Å². The molecule has 2 aromatic rings. The van der Waals surface area contributed by atoms with Gasteiger partial charge in [-0.2, -0.15) is 0 Å². The lowest BCUT2D eigenvalue weighted by Crippen LogP contribution is -2.42. The number of H-pyrrole nitrogens is 1. The largest absolute Gasteiger partial charge is 0.393 e. The monoisotopic (exact) mass is 402 g/mol. The molecule has 0 spiro atoms. The fourth-order valence-corrected chi connectivity index (χ4v) is 9.08. The van der Waals surface area contributed by atoms with Gasteiger partial charge in [0, 0.05) is 28.4 Å². The summed E-state index contributed by atoms with van der Waals surface area (Å²) in [5, 5.41) is 1.43. The van der Waals surface area contributed by atoms with Crippen LogP contribution in [0, 0.1) is 33.5 Å². The van der Waals surface area contributed by atoms with Crippen LogP contribution in [0.1, 0.15) is 22.8 Å². The Balaban J connectivity index is 1.53. The molecule has 6 rings (SSSR count). The highest BCUT2D eigenvalue weighted by Crippen LogP contribution is 2.68. The summed E-state index contributed by atoms with van der Waals surface area (Å²) in [6.45, 7) is 0. The van der Waals surface area contributed by atoms with Crippen LogP contribution in [0.25, 0.3) is 0 Å². The van der Waals surface area contributed by atoms with Crippen molar-refractivity contribution in [1.29, 1.82) is 0 Å². The van der Waals surface area contributed by atoms with Crippen LogP contribution in [-0.4, -0.2) is 27.2 Å². The standard InChI is InChI=1S/C18H14N2O3S3/c21-16-11-7-4-8(12(11)17(22)23-16)13-10(7)9(6-2-1-3-19-5-6)14-15(25-13)20-18(24)26-14/h1-3,5,7-13H,4H2,(H,20,24). The molecule has 7 unspecified atom stereocenters. The lowest BCUT2D eigenvalue weighted by atomic mass is 9.68. The van der Waals surface area contributed by atoms with Crippen molar-refractivity contribution < 1.29 is 14.3 Å². The zero-order valence-electron chi connectivity index (χ0n) is 13.5. The van der Waals surface area contributed by atoms with Gasteiger partial charge in [0.25, 0.3) is 0 Å². The minimum Gasteiger partial charge on any atom is -0.393 e. The first-order valence-corrected chi connectivity index (χ1v) is 10.8. The number of pyridine rings is 1. The van der Waals surface area contributed by atoms with Crippen molar-refractivity contribution >= 4 is 47.3 Å². The number of thiazole rings is 1. The van der Waals surface area contributed by atoms with Crippen LogP contribution in [0.4, 0.5) is 0 Å². The van der Waals surface area contributed by atoms with Gasteiger partial charge < -0.3 is 9.72 Å². The summed E-state index contributed by atoms with van der Waals surface area (Å²) in [5.41, 5.74) is 1.16. The van der Waals surface area contributed by atoms with Gasteiger partial charge in [-0.05, 0) is 48.0 Å². The van der Waals surface area contributed by atoms with E-state index in [1.165, 1.54) is 4.88 Å². The lowest BCUT2D eigenvalue weighted by molar-refractivity contribution is -0.154. The van der Waals surface area contributed by atoms with Gasteiger partial charge in [0.1, 0.15) is 0 Å². The molecule has 3 fully saturated rings. The molecular formula is C18H14N2O3S3. The Morgan fingerprint density at radius 3 is 2.81 bits per heavy atom. The topological polar surface area (TPSA) is 72.1 Å². The van der Waals surface area contributed by atoms with Gasteiger partial charge in [-0.3, -0.25) is 14.6 Å². The van der Waals surface area contributed by atoms with E-state index in [4.69, 9.17) is 17.0 Å². The van der Waals surface area contributed by atoms with E-state index in [2.05, 4.69) is 16.0 Å². The molecule has 5 nitrogen and oxygen atoms in total. The minimum absolute atomic E-state index is 0.169. The van der Waals surface area contributed by atoms with E-state index in [0.29, 0.717) is 11.2 Å². The van der Waals surface area contributed by atoms with Gasteiger partial charge >= 0.3 is 11.9 Å². The van der Waals surface area contributed by atoms with Crippen LogP contribution in [0.2, 0.25) is 0 Å². The Morgan fingerprint density at radius 1 is 1.23 bits per heavy atom. The molecule has 1 N–H and O–H groups in total. The molecule has 8 heteroatoms. The van der Waals surface area contributed by atoms with Gasteiger partial charge in [-0.25, -0.2) is 0 Å².